The van der Waals surface area contributed by atoms with E-state index in [4.69, 9.17) is 11.6 Å². The first kappa shape index (κ1) is 17.0. The number of benzene rings is 1. The predicted octanol–water partition coefficient (Wildman–Crippen LogP) is 1.93. The molecule has 3 rings (SSSR count). The molecule has 0 atom stereocenters. The predicted molar refractivity (Wildman–Crippen MR) is 98.6 cm³/mol. The number of aromatic amines is 1. The van der Waals surface area contributed by atoms with Gasteiger partial charge in [0.15, 0.2) is 11.2 Å². The second kappa shape index (κ2) is 6.56. The number of anilines is 1. The molecule has 2 heterocycles. The van der Waals surface area contributed by atoms with Gasteiger partial charge < -0.3 is 4.57 Å². The molecule has 0 fully saturated rings. The van der Waals surface area contributed by atoms with Crippen LogP contribution >= 0.6 is 11.6 Å². The van der Waals surface area contributed by atoms with Crippen LogP contribution in [-0.4, -0.2) is 24.8 Å². The molecule has 8 nitrogen and oxygen atoms in total. The van der Waals surface area contributed by atoms with Crippen molar-refractivity contribution in [3.8, 4) is 0 Å². The van der Waals surface area contributed by atoms with Gasteiger partial charge in [0.05, 0.1) is 5.71 Å². The highest BCUT2D eigenvalue weighted by atomic mass is 35.5. The van der Waals surface area contributed by atoms with E-state index in [9.17, 15) is 9.59 Å². The van der Waals surface area contributed by atoms with Gasteiger partial charge >= 0.3 is 5.69 Å². The highest BCUT2D eigenvalue weighted by molar-refractivity contribution is 6.30. The van der Waals surface area contributed by atoms with E-state index in [-0.39, 0.29) is 0 Å². The Kier molecular flexibility index (Phi) is 4.45. The van der Waals surface area contributed by atoms with Crippen molar-refractivity contribution in [2.75, 3.05) is 5.43 Å². The lowest BCUT2D eigenvalue weighted by Gasteiger charge is -2.06. The average molecular weight is 361 g/mol. The number of aryl methyl sites for hydroxylation is 2. The second-order valence-electron chi connectivity index (χ2n) is 5.49. The fourth-order valence-corrected chi connectivity index (χ4v) is 2.64. The third-order valence-corrected chi connectivity index (χ3v) is 4.16. The Balaban J connectivity index is 2.04. The summed E-state index contributed by atoms with van der Waals surface area (Å²) in [6.07, 6.45) is 0. The molecule has 25 heavy (non-hydrogen) atoms. The normalized spacial score (nSPS) is 11.9. The minimum absolute atomic E-state index is 0.303. The number of nitrogens with one attached hydrogen (secondary N) is 2. The Morgan fingerprint density at radius 2 is 2.00 bits per heavy atom. The van der Waals surface area contributed by atoms with Crippen LogP contribution in [0.25, 0.3) is 11.2 Å². The van der Waals surface area contributed by atoms with Gasteiger partial charge in [0, 0.05) is 18.6 Å². The minimum atomic E-state index is -0.509. The summed E-state index contributed by atoms with van der Waals surface area (Å²) in [4.78, 5) is 30.5. The lowest BCUT2D eigenvalue weighted by atomic mass is 10.1. The van der Waals surface area contributed by atoms with E-state index >= 15 is 0 Å². The van der Waals surface area contributed by atoms with Crippen LogP contribution in [0, 0.1) is 0 Å². The summed E-state index contributed by atoms with van der Waals surface area (Å²) in [7, 11) is 1.56. The standard InChI is InChI=1S/C16H17ClN6O2/c1-4-23-12-13(22(3)16(25)19-14(12)24)18-15(23)21-20-9(2)10-5-7-11(17)8-6-10/h5-8H,4H2,1-3H3,(H,18,21)(H,19,24,25)/b20-9-. The van der Waals surface area contributed by atoms with E-state index in [2.05, 4.69) is 20.5 Å². The summed E-state index contributed by atoms with van der Waals surface area (Å²) in [5, 5.41) is 4.97. The van der Waals surface area contributed by atoms with E-state index in [1.54, 1.807) is 23.7 Å². The number of halogens is 1. The zero-order chi connectivity index (χ0) is 18.1. The number of H-pyrrole nitrogens is 1. The van der Waals surface area contributed by atoms with Crippen LogP contribution in [0.4, 0.5) is 5.95 Å². The Morgan fingerprint density at radius 3 is 2.64 bits per heavy atom. The van der Waals surface area contributed by atoms with Crippen LogP contribution in [0.5, 0.6) is 0 Å². The number of rotatable bonds is 4. The minimum Gasteiger partial charge on any atom is -0.303 e. The molecule has 130 valence electrons. The fourth-order valence-electron chi connectivity index (χ4n) is 2.52. The Hall–Kier alpha value is -2.87. The van der Waals surface area contributed by atoms with Crippen molar-refractivity contribution in [2.45, 2.75) is 20.4 Å². The molecule has 2 aromatic heterocycles. The Labute approximate surface area is 147 Å². The lowest BCUT2D eigenvalue weighted by Crippen LogP contribution is -2.29. The topological polar surface area (TPSA) is 97.1 Å². The zero-order valence-corrected chi connectivity index (χ0v) is 14.8. The first-order valence-corrected chi connectivity index (χ1v) is 8.06. The van der Waals surface area contributed by atoms with E-state index in [1.807, 2.05) is 26.0 Å². The van der Waals surface area contributed by atoms with Gasteiger partial charge in [-0.3, -0.25) is 14.3 Å². The molecule has 0 saturated carbocycles. The van der Waals surface area contributed by atoms with Gasteiger partial charge in [-0.25, -0.2) is 10.2 Å². The molecule has 0 spiro atoms. The largest absolute Gasteiger partial charge is 0.329 e. The molecule has 9 heteroatoms. The highest BCUT2D eigenvalue weighted by Gasteiger charge is 2.16. The van der Waals surface area contributed by atoms with E-state index < -0.39 is 11.2 Å². The molecule has 0 amide bonds. The number of hydrogen-bond acceptors (Lipinski definition) is 5. The molecule has 2 N–H and O–H groups in total. The summed E-state index contributed by atoms with van der Waals surface area (Å²) < 4.78 is 2.97. The van der Waals surface area contributed by atoms with Crippen molar-refractivity contribution in [1.82, 2.24) is 19.1 Å². The van der Waals surface area contributed by atoms with E-state index in [0.29, 0.717) is 28.7 Å². The van der Waals surface area contributed by atoms with Crippen molar-refractivity contribution >= 4 is 34.4 Å². The van der Waals surface area contributed by atoms with Crippen LogP contribution < -0.4 is 16.7 Å². The van der Waals surface area contributed by atoms with Gasteiger partial charge in [-0.05, 0) is 31.5 Å². The number of aromatic nitrogens is 4. The van der Waals surface area contributed by atoms with Gasteiger partial charge in [-0.1, -0.05) is 23.7 Å². The van der Waals surface area contributed by atoms with Crippen molar-refractivity contribution in [3.05, 3.63) is 55.7 Å². The van der Waals surface area contributed by atoms with Crippen LogP contribution in [0.3, 0.4) is 0 Å². The van der Waals surface area contributed by atoms with Crippen molar-refractivity contribution in [3.63, 3.8) is 0 Å². The Morgan fingerprint density at radius 1 is 1.32 bits per heavy atom. The smallest absolute Gasteiger partial charge is 0.303 e. The van der Waals surface area contributed by atoms with Gasteiger partial charge in [0.25, 0.3) is 5.56 Å². The molecule has 1 aromatic carbocycles. The van der Waals surface area contributed by atoms with Gasteiger partial charge in [-0.2, -0.15) is 10.1 Å². The fraction of sp³-hybridized carbons (Fsp3) is 0.250. The maximum absolute atomic E-state index is 12.1. The number of hydrogen-bond donors (Lipinski definition) is 2. The Bertz CT molecular complexity index is 1070. The first-order valence-electron chi connectivity index (χ1n) is 7.68. The molecular formula is C16H17ClN6O2. The maximum atomic E-state index is 12.1. The number of nitrogens with zero attached hydrogens (tertiary/aromatic N) is 4. The number of hydrazone groups is 1. The zero-order valence-electron chi connectivity index (χ0n) is 14.0. The molecular weight excluding hydrogens is 344 g/mol. The van der Waals surface area contributed by atoms with Gasteiger partial charge in [0.2, 0.25) is 5.95 Å². The summed E-state index contributed by atoms with van der Waals surface area (Å²) in [5.41, 5.74) is 4.16. The third-order valence-electron chi connectivity index (χ3n) is 3.91. The van der Waals surface area contributed by atoms with Crippen molar-refractivity contribution in [1.29, 1.82) is 0 Å². The van der Waals surface area contributed by atoms with Crippen molar-refractivity contribution in [2.24, 2.45) is 12.1 Å². The van der Waals surface area contributed by atoms with Gasteiger partial charge in [-0.15, -0.1) is 0 Å². The van der Waals surface area contributed by atoms with Gasteiger partial charge in [0.1, 0.15) is 0 Å². The molecule has 0 radical (unpaired) electrons. The van der Waals surface area contributed by atoms with Crippen molar-refractivity contribution < 1.29 is 0 Å². The van der Waals surface area contributed by atoms with E-state index in [0.717, 1.165) is 11.3 Å². The van der Waals surface area contributed by atoms with Crippen LogP contribution in [-0.2, 0) is 13.6 Å². The number of fused-ring (bicyclic) bond motifs is 1. The summed E-state index contributed by atoms with van der Waals surface area (Å²) in [6.45, 7) is 4.22. The van der Waals surface area contributed by atoms with E-state index in [1.165, 1.54) is 4.57 Å². The molecule has 0 bridgehead atoms. The number of imidazole rings is 1. The monoisotopic (exact) mass is 360 g/mol. The molecule has 3 aromatic rings. The van der Waals surface area contributed by atoms with Crippen LogP contribution in [0.15, 0.2) is 39.0 Å². The van der Waals surface area contributed by atoms with Crippen LogP contribution in [0.1, 0.15) is 19.4 Å². The average Bonchev–Trinajstić information content (AvgIpc) is 2.97. The third kappa shape index (κ3) is 3.08. The molecule has 0 aliphatic heterocycles. The molecule has 0 unspecified atom stereocenters. The maximum Gasteiger partial charge on any atom is 0.329 e. The summed E-state index contributed by atoms with van der Waals surface area (Å²) in [6, 6.07) is 7.29. The lowest BCUT2D eigenvalue weighted by molar-refractivity contribution is 0.781. The quantitative estimate of drug-likeness (QED) is 0.548. The first-order chi connectivity index (χ1) is 11.9. The summed E-state index contributed by atoms with van der Waals surface area (Å²) in [5.74, 6) is 0.387. The summed E-state index contributed by atoms with van der Waals surface area (Å²) >= 11 is 5.89. The SMILES string of the molecule is CCn1c(N/N=C(/C)c2ccc(Cl)cc2)nc2c1c(=O)[nH]c(=O)n2C. The second-order valence-corrected chi connectivity index (χ2v) is 5.92. The van der Waals surface area contributed by atoms with Crippen LogP contribution in [0.2, 0.25) is 5.02 Å². The molecule has 0 aliphatic carbocycles. The highest BCUT2D eigenvalue weighted by Crippen LogP contribution is 2.15. The molecule has 0 aliphatic rings. The molecule has 0 saturated heterocycles.